The third-order valence-corrected chi connectivity index (χ3v) is 3.64. The van der Waals surface area contributed by atoms with E-state index in [-0.39, 0.29) is 25.8 Å². The molecule has 8 nitrogen and oxygen atoms in total. The van der Waals surface area contributed by atoms with Gasteiger partial charge < -0.3 is 24.7 Å². The molecule has 0 aliphatic rings. The van der Waals surface area contributed by atoms with Crippen LogP contribution < -0.4 is 5.73 Å². The van der Waals surface area contributed by atoms with Crippen LogP contribution in [0.5, 0.6) is 0 Å². The van der Waals surface area contributed by atoms with Gasteiger partial charge in [0, 0.05) is 6.42 Å². The van der Waals surface area contributed by atoms with Gasteiger partial charge in [-0.1, -0.05) is 64.4 Å². The van der Waals surface area contributed by atoms with E-state index in [9.17, 15) is 14.4 Å². The molecule has 178 valence electrons. The summed E-state index contributed by atoms with van der Waals surface area (Å²) in [5.41, 5.74) is 4.84. The third kappa shape index (κ3) is 19.0. The zero-order valence-electron chi connectivity index (χ0n) is 19.9. The minimum atomic E-state index is -0.878. The molecule has 2 N–H and O–H groups in total. The number of ether oxygens (including phenoxy) is 4. The van der Waals surface area contributed by atoms with E-state index in [1.54, 1.807) is 20.8 Å². The highest BCUT2D eigenvalue weighted by Gasteiger charge is 2.26. The maximum atomic E-state index is 11.5. The number of carbonyl (C=O) groups is 3. The Morgan fingerprint density at radius 2 is 1.58 bits per heavy atom. The van der Waals surface area contributed by atoms with E-state index in [1.807, 2.05) is 58.0 Å². The van der Waals surface area contributed by atoms with E-state index >= 15 is 0 Å². The van der Waals surface area contributed by atoms with E-state index in [2.05, 4.69) is 9.47 Å². The normalized spacial score (nSPS) is 10.8. The van der Waals surface area contributed by atoms with E-state index in [1.165, 1.54) is 0 Å². The van der Waals surface area contributed by atoms with Crippen molar-refractivity contribution in [3.63, 3.8) is 0 Å². The van der Waals surface area contributed by atoms with Crippen molar-refractivity contribution in [2.75, 3.05) is 13.2 Å². The number of primary amides is 1. The van der Waals surface area contributed by atoms with Crippen LogP contribution in [0.4, 0.5) is 9.59 Å². The number of hydrogen-bond donors (Lipinski definition) is 1. The number of hydrogen-bond acceptors (Lipinski definition) is 7. The molecule has 8 heteroatoms. The zero-order valence-corrected chi connectivity index (χ0v) is 19.9. The van der Waals surface area contributed by atoms with Crippen LogP contribution in [-0.4, -0.2) is 37.0 Å². The molecule has 0 saturated carbocycles. The molecule has 0 aromatic heterocycles. The summed E-state index contributed by atoms with van der Waals surface area (Å²) in [6.07, 6.45) is -0.182. The molecule has 0 spiro atoms. The van der Waals surface area contributed by atoms with Crippen molar-refractivity contribution >= 4 is 18.2 Å². The predicted molar refractivity (Wildman–Crippen MR) is 119 cm³/mol. The highest BCUT2D eigenvalue weighted by molar-refractivity contribution is 5.69. The Balaban J connectivity index is 0. The molecule has 0 bridgehead atoms. The minimum Gasteiger partial charge on any atom is -0.461 e. The lowest BCUT2D eigenvalue weighted by molar-refractivity contribution is -0.152. The van der Waals surface area contributed by atoms with E-state index in [0.29, 0.717) is 12.3 Å². The molecule has 1 unspecified atom stereocenters. The second kappa shape index (κ2) is 18.0. The van der Waals surface area contributed by atoms with Crippen molar-refractivity contribution in [2.45, 2.75) is 73.5 Å². The molecule has 0 heterocycles. The lowest BCUT2D eigenvalue weighted by Crippen LogP contribution is -2.35. The largest absolute Gasteiger partial charge is 0.508 e. The van der Waals surface area contributed by atoms with Crippen molar-refractivity contribution in [3.05, 3.63) is 35.9 Å². The van der Waals surface area contributed by atoms with Crippen molar-refractivity contribution in [3.8, 4) is 0 Å². The quantitative estimate of drug-likeness (QED) is 0.412. The number of nitrogens with two attached hydrogens (primary N) is 1. The van der Waals surface area contributed by atoms with Gasteiger partial charge in [0.15, 0.2) is 0 Å². The average Bonchev–Trinajstić information content (AvgIpc) is 2.73. The lowest BCUT2D eigenvalue weighted by Gasteiger charge is -2.24. The molecule has 0 aliphatic heterocycles. The number of benzene rings is 1. The first-order chi connectivity index (χ1) is 14.6. The summed E-state index contributed by atoms with van der Waals surface area (Å²) >= 11 is 0. The van der Waals surface area contributed by atoms with E-state index < -0.39 is 17.8 Å². The fourth-order valence-electron chi connectivity index (χ4n) is 1.87. The smallest absolute Gasteiger partial charge is 0.461 e. The molecular weight excluding hydrogens is 402 g/mol. The molecule has 1 aromatic rings. The average molecular weight is 442 g/mol. The van der Waals surface area contributed by atoms with Crippen molar-refractivity contribution in [1.82, 2.24) is 0 Å². The second-order valence-corrected chi connectivity index (χ2v) is 7.02. The molecule has 1 atom stereocenters. The molecular formula is C23H39NO7. The standard InChI is InChI=1S/C13H24O5.C8H9NO2.C2H6/c1-6-10(3)8-11(14)17-9-13(4,5)18-12(15)16-7-2;9-8(10)11-6-7-4-2-1-3-5-7;1-2/h10H,6-9H2,1-5H3;1-5H,6H2,(H2,9,10);1-2H3. The van der Waals surface area contributed by atoms with Crippen LogP contribution in [0.2, 0.25) is 0 Å². The summed E-state index contributed by atoms with van der Waals surface area (Å²) in [4.78, 5) is 32.8. The van der Waals surface area contributed by atoms with Crippen molar-refractivity contribution in [2.24, 2.45) is 11.7 Å². The summed E-state index contributed by atoms with van der Waals surface area (Å²) < 4.78 is 19.3. The summed E-state index contributed by atoms with van der Waals surface area (Å²) in [6.45, 7) is 13.6. The van der Waals surface area contributed by atoms with Gasteiger partial charge >= 0.3 is 18.2 Å². The Hall–Kier alpha value is -2.77. The van der Waals surface area contributed by atoms with Gasteiger partial charge in [-0.05, 0) is 32.3 Å². The van der Waals surface area contributed by atoms with Gasteiger partial charge in [0.2, 0.25) is 0 Å². The molecule has 31 heavy (non-hydrogen) atoms. The first-order valence-electron chi connectivity index (χ1n) is 10.6. The predicted octanol–water partition coefficient (Wildman–Crippen LogP) is 5.23. The van der Waals surface area contributed by atoms with Crippen molar-refractivity contribution in [1.29, 1.82) is 0 Å². The first kappa shape index (κ1) is 30.4. The Kier molecular flexibility index (Phi) is 17.7. The Labute approximate surface area is 186 Å². The number of amides is 1. The third-order valence-electron chi connectivity index (χ3n) is 3.64. The number of rotatable bonds is 9. The van der Waals surface area contributed by atoms with Gasteiger partial charge in [-0.15, -0.1) is 0 Å². The molecule has 1 rings (SSSR count). The van der Waals surface area contributed by atoms with Gasteiger partial charge in [-0.3, -0.25) is 4.79 Å². The number of esters is 1. The van der Waals surface area contributed by atoms with Gasteiger partial charge in [-0.25, -0.2) is 9.59 Å². The van der Waals surface area contributed by atoms with Gasteiger partial charge in [-0.2, -0.15) is 0 Å². The lowest BCUT2D eigenvalue weighted by atomic mass is 10.1. The van der Waals surface area contributed by atoms with E-state index in [4.69, 9.17) is 15.2 Å². The van der Waals surface area contributed by atoms with Crippen LogP contribution >= 0.6 is 0 Å². The molecule has 0 radical (unpaired) electrons. The maximum Gasteiger partial charge on any atom is 0.508 e. The van der Waals surface area contributed by atoms with Crippen LogP contribution in [0.3, 0.4) is 0 Å². The fourth-order valence-corrected chi connectivity index (χ4v) is 1.87. The Bertz CT molecular complexity index is 618. The van der Waals surface area contributed by atoms with Gasteiger partial charge in [0.1, 0.15) is 18.8 Å². The highest BCUT2D eigenvalue weighted by atomic mass is 16.7. The molecule has 0 fully saturated rings. The highest BCUT2D eigenvalue weighted by Crippen LogP contribution is 2.13. The Morgan fingerprint density at radius 1 is 1.00 bits per heavy atom. The maximum absolute atomic E-state index is 11.5. The molecule has 0 aliphatic carbocycles. The van der Waals surface area contributed by atoms with Crippen LogP contribution in [0.15, 0.2) is 30.3 Å². The summed E-state index contributed by atoms with van der Waals surface area (Å²) in [7, 11) is 0. The van der Waals surface area contributed by atoms with Crippen LogP contribution in [0.25, 0.3) is 0 Å². The summed E-state index contributed by atoms with van der Waals surface area (Å²) in [6, 6.07) is 9.37. The van der Waals surface area contributed by atoms with Crippen LogP contribution in [-0.2, 0) is 30.3 Å². The monoisotopic (exact) mass is 441 g/mol. The second-order valence-electron chi connectivity index (χ2n) is 7.02. The first-order valence-corrected chi connectivity index (χ1v) is 10.6. The Morgan fingerprint density at radius 3 is 2.06 bits per heavy atom. The minimum absolute atomic E-state index is 0.0289. The fraction of sp³-hybridized carbons (Fsp3) is 0.609. The molecule has 1 amide bonds. The van der Waals surface area contributed by atoms with Crippen LogP contribution in [0.1, 0.15) is 66.9 Å². The van der Waals surface area contributed by atoms with Gasteiger partial charge in [0.05, 0.1) is 6.61 Å². The summed E-state index contributed by atoms with van der Waals surface area (Å²) in [5.74, 6) is 0.0245. The number of carbonyl (C=O) groups excluding carboxylic acids is 3. The molecule has 0 saturated heterocycles. The van der Waals surface area contributed by atoms with E-state index in [0.717, 1.165) is 12.0 Å². The molecule has 1 aromatic carbocycles. The van der Waals surface area contributed by atoms with Crippen molar-refractivity contribution < 1.29 is 33.3 Å². The zero-order chi connectivity index (χ0) is 24.3. The topological polar surface area (TPSA) is 114 Å². The van der Waals surface area contributed by atoms with Crippen LogP contribution in [0, 0.1) is 5.92 Å². The van der Waals surface area contributed by atoms with Gasteiger partial charge in [0.25, 0.3) is 0 Å². The summed E-state index contributed by atoms with van der Waals surface area (Å²) in [5, 5.41) is 0. The SMILES string of the molecule is CC.CCOC(=O)OC(C)(C)COC(=O)CC(C)CC.NC(=O)OCc1ccccc1.